The van der Waals surface area contributed by atoms with E-state index in [1.54, 1.807) is 7.11 Å². The lowest BCUT2D eigenvalue weighted by Crippen LogP contribution is -2.38. The fraction of sp³-hybridized carbons (Fsp3) is 0.212. The van der Waals surface area contributed by atoms with Gasteiger partial charge in [0.2, 0.25) is 0 Å². The van der Waals surface area contributed by atoms with Crippen LogP contribution in [0.15, 0.2) is 91.1 Å². The molecule has 40 heavy (non-hydrogen) atoms. The molecule has 0 unspecified atom stereocenters. The Kier molecular flexibility index (Phi) is 6.64. The summed E-state index contributed by atoms with van der Waals surface area (Å²) in [6, 6.07) is 27.7. The quantitative estimate of drug-likeness (QED) is 0.266. The van der Waals surface area contributed by atoms with Crippen LogP contribution in [0.4, 0.5) is 10.5 Å². The van der Waals surface area contributed by atoms with Crippen molar-refractivity contribution in [3.63, 3.8) is 0 Å². The van der Waals surface area contributed by atoms with Gasteiger partial charge in [-0.3, -0.25) is 0 Å². The summed E-state index contributed by atoms with van der Waals surface area (Å²) in [6.45, 7) is 6.63. The molecule has 202 valence electrons. The molecule has 2 amide bonds. The maximum atomic E-state index is 14.2. The number of nitrogens with zero attached hydrogens (tertiary/aromatic N) is 4. The number of urea groups is 1. The summed E-state index contributed by atoms with van der Waals surface area (Å²) in [5.74, 6) is 1.70. The van der Waals surface area contributed by atoms with Gasteiger partial charge in [-0.2, -0.15) is 5.10 Å². The zero-order valence-electron chi connectivity index (χ0n) is 23.3. The van der Waals surface area contributed by atoms with E-state index in [1.165, 1.54) is 5.56 Å². The van der Waals surface area contributed by atoms with Gasteiger partial charge in [-0.25, -0.2) is 9.48 Å². The molecule has 0 saturated heterocycles. The van der Waals surface area contributed by atoms with Crippen LogP contribution in [0.1, 0.15) is 46.6 Å². The number of carbonyl (C=O) groups excluding carboxylic acids is 1. The number of benzene rings is 3. The van der Waals surface area contributed by atoms with Gasteiger partial charge >= 0.3 is 6.03 Å². The molecule has 5 aromatic rings. The predicted octanol–water partition coefficient (Wildman–Crippen LogP) is 6.99. The van der Waals surface area contributed by atoms with Crippen molar-refractivity contribution in [3.8, 4) is 17.3 Å². The average molecular weight is 532 g/mol. The highest BCUT2D eigenvalue weighted by molar-refractivity contribution is 5.90. The molecule has 1 aliphatic heterocycles. The van der Waals surface area contributed by atoms with Crippen LogP contribution in [-0.4, -0.2) is 32.4 Å². The van der Waals surface area contributed by atoms with Crippen molar-refractivity contribution in [2.45, 2.75) is 39.8 Å². The van der Waals surface area contributed by atoms with Gasteiger partial charge in [0.05, 0.1) is 36.8 Å². The summed E-state index contributed by atoms with van der Waals surface area (Å²) in [5.41, 5.74) is 8.01. The van der Waals surface area contributed by atoms with Crippen LogP contribution in [0.3, 0.4) is 0 Å². The SMILES string of the molecule is CCc1nn(-c2ccccc2)c2c1CN(C(=O)Nc1ccc(C)c(C)c1)[C@@H](c1cccc(OC)c1)c1cccn1-2. The first-order valence-electron chi connectivity index (χ1n) is 13.6. The third-order valence-electron chi connectivity index (χ3n) is 7.73. The number of hydrogen-bond acceptors (Lipinski definition) is 3. The largest absolute Gasteiger partial charge is 0.497 e. The molecule has 0 spiro atoms. The highest BCUT2D eigenvalue weighted by Gasteiger charge is 2.36. The lowest BCUT2D eigenvalue weighted by Gasteiger charge is -2.31. The lowest BCUT2D eigenvalue weighted by atomic mass is 10.0. The van der Waals surface area contributed by atoms with Crippen molar-refractivity contribution >= 4 is 11.7 Å². The van der Waals surface area contributed by atoms with Gasteiger partial charge in [-0.1, -0.05) is 43.3 Å². The van der Waals surface area contributed by atoms with Gasteiger partial charge in [0, 0.05) is 17.4 Å². The van der Waals surface area contributed by atoms with E-state index in [0.29, 0.717) is 6.54 Å². The Labute approximate surface area is 234 Å². The van der Waals surface area contributed by atoms with E-state index in [1.807, 2.05) is 70.2 Å². The number of nitrogens with one attached hydrogen (secondary N) is 1. The highest BCUT2D eigenvalue weighted by Crippen LogP contribution is 2.39. The Morgan fingerprint density at radius 2 is 1.80 bits per heavy atom. The van der Waals surface area contributed by atoms with Crippen LogP contribution in [0.25, 0.3) is 11.5 Å². The van der Waals surface area contributed by atoms with Crippen molar-refractivity contribution < 1.29 is 9.53 Å². The second-order valence-electron chi connectivity index (χ2n) is 10.2. The normalized spacial score (nSPS) is 14.3. The molecule has 0 radical (unpaired) electrons. The van der Waals surface area contributed by atoms with Crippen LogP contribution in [0.2, 0.25) is 0 Å². The number of hydrogen-bond donors (Lipinski definition) is 1. The van der Waals surface area contributed by atoms with E-state index >= 15 is 0 Å². The van der Waals surface area contributed by atoms with E-state index in [9.17, 15) is 4.79 Å². The Bertz CT molecular complexity index is 1680. The number of fused-ring (bicyclic) bond motifs is 3. The molecule has 1 N–H and O–H groups in total. The molecule has 0 saturated carbocycles. The maximum Gasteiger partial charge on any atom is 0.322 e. The smallest absolute Gasteiger partial charge is 0.322 e. The highest BCUT2D eigenvalue weighted by atomic mass is 16.5. The Morgan fingerprint density at radius 1 is 0.975 bits per heavy atom. The van der Waals surface area contributed by atoms with Crippen LogP contribution in [-0.2, 0) is 13.0 Å². The molecule has 3 heterocycles. The number of anilines is 1. The fourth-order valence-electron chi connectivity index (χ4n) is 5.52. The number of ether oxygens (including phenoxy) is 1. The van der Waals surface area contributed by atoms with Gasteiger partial charge < -0.3 is 19.5 Å². The standard InChI is InChI=1S/C33H33N5O2/c1-5-29-28-21-37(33(39)34-25-17-16-22(2)23(3)19-25)31(24-11-9-14-27(20-24)40-4)30-15-10-18-36(30)32(28)38(35-29)26-12-7-6-8-13-26/h6-20,31H,5,21H2,1-4H3,(H,34,39)/t31-/m0/s1. The van der Waals surface area contributed by atoms with Crippen molar-refractivity contribution in [1.82, 2.24) is 19.2 Å². The molecule has 3 aromatic carbocycles. The van der Waals surface area contributed by atoms with Crippen molar-refractivity contribution in [2.75, 3.05) is 12.4 Å². The Balaban J connectivity index is 1.55. The molecule has 6 rings (SSSR count). The van der Waals surface area contributed by atoms with Crippen molar-refractivity contribution in [3.05, 3.63) is 125 Å². The second kappa shape index (κ2) is 10.4. The Morgan fingerprint density at radius 3 is 2.55 bits per heavy atom. The summed E-state index contributed by atoms with van der Waals surface area (Å²) in [5, 5.41) is 8.23. The molecule has 1 atom stereocenters. The monoisotopic (exact) mass is 531 g/mol. The average Bonchev–Trinajstić information content (AvgIpc) is 3.56. The van der Waals surface area contributed by atoms with E-state index in [0.717, 1.165) is 57.4 Å². The van der Waals surface area contributed by atoms with Crippen LogP contribution in [0.5, 0.6) is 5.75 Å². The van der Waals surface area contributed by atoms with Crippen LogP contribution >= 0.6 is 0 Å². The first-order valence-corrected chi connectivity index (χ1v) is 13.6. The van der Waals surface area contributed by atoms with E-state index in [2.05, 4.69) is 61.1 Å². The molecular weight excluding hydrogens is 498 g/mol. The van der Waals surface area contributed by atoms with Gasteiger partial charge in [0.15, 0.2) is 0 Å². The minimum absolute atomic E-state index is 0.175. The molecular formula is C33H33N5O2. The van der Waals surface area contributed by atoms with Crippen molar-refractivity contribution in [2.24, 2.45) is 0 Å². The number of carbonyl (C=O) groups is 1. The van der Waals surface area contributed by atoms with Gasteiger partial charge in [-0.05, 0) is 85.5 Å². The fourth-order valence-corrected chi connectivity index (χ4v) is 5.52. The first-order chi connectivity index (χ1) is 19.5. The third kappa shape index (κ3) is 4.43. The number of methoxy groups -OCH3 is 1. The van der Waals surface area contributed by atoms with Gasteiger partial charge in [-0.15, -0.1) is 0 Å². The summed E-state index contributed by atoms with van der Waals surface area (Å²) >= 11 is 0. The zero-order chi connectivity index (χ0) is 27.8. The van der Waals surface area contributed by atoms with Gasteiger partial charge in [0.25, 0.3) is 0 Å². The summed E-state index contributed by atoms with van der Waals surface area (Å²) in [6.07, 6.45) is 2.81. The molecule has 1 aliphatic rings. The summed E-state index contributed by atoms with van der Waals surface area (Å²) in [7, 11) is 1.66. The zero-order valence-corrected chi connectivity index (χ0v) is 23.3. The van der Waals surface area contributed by atoms with E-state index in [4.69, 9.17) is 9.84 Å². The molecule has 0 aliphatic carbocycles. The van der Waals surface area contributed by atoms with Crippen LogP contribution < -0.4 is 10.1 Å². The molecule has 7 heteroatoms. The number of aromatic nitrogens is 3. The van der Waals surface area contributed by atoms with Crippen LogP contribution in [0, 0.1) is 13.8 Å². The number of para-hydroxylation sites is 1. The molecule has 7 nitrogen and oxygen atoms in total. The van der Waals surface area contributed by atoms with Gasteiger partial charge in [0.1, 0.15) is 11.6 Å². The number of aryl methyl sites for hydroxylation is 3. The maximum absolute atomic E-state index is 14.2. The number of rotatable bonds is 5. The second-order valence-corrected chi connectivity index (χ2v) is 10.2. The minimum Gasteiger partial charge on any atom is -0.497 e. The van der Waals surface area contributed by atoms with Crippen molar-refractivity contribution in [1.29, 1.82) is 0 Å². The molecule has 0 fully saturated rings. The number of amides is 2. The van der Waals surface area contributed by atoms with E-state index < -0.39 is 0 Å². The lowest BCUT2D eigenvalue weighted by molar-refractivity contribution is 0.194. The molecule has 0 bridgehead atoms. The topological polar surface area (TPSA) is 64.3 Å². The summed E-state index contributed by atoms with van der Waals surface area (Å²) < 4.78 is 9.77. The Hall–Kier alpha value is -4.78. The predicted molar refractivity (Wildman–Crippen MR) is 158 cm³/mol. The van der Waals surface area contributed by atoms with E-state index in [-0.39, 0.29) is 12.1 Å². The third-order valence-corrected chi connectivity index (χ3v) is 7.73. The first kappa shape index (κ1) is 25.5. The summed E-state index contributed by atoms with van der Waals surface area (Å²) in [4.78, 5) is 16.1. The molecule has 2 aromatic heterocycles. The minimum atomic E-state index is -0.363.